The SMILES string of the molecule is CCN(CC)C(=O)c1ccc(C2=CC3(CCNCC3)Oc3cc(C)c(C)c(C)c32)cc1. The number of fused-ring (bicyclic) bond motifs is 1. The first-order valence-electron chi connectivity index (χ1n) is 11.5. The van der Waals surface area contributed by atoms with Crippen molar-refractivity contribution in [3.05, 3.63) is 69.8 Å². The predicted molar refractivity (Wildman–Crippen MR) is 127 cm³/mol. The molecule has 1 N–H and O–H groups in total. The van der Waals surface area contributed by atoms with Gasteiger partial charge in [-0.2, -0.15) is 0 Å². The highest BCUT2D eigenvalue weighted by Gasteiger charge is 2.38. The summed E-state index contributed by atoms with van der Waals surface area (Å²) < 4.78 is 6.67. The van der Waals surface area contributed by atoms with Gasteiger partial charge in [0.15, 0.2) is 0 Å². The van der Waals surface area contributed by atoms with Crippen molar-refractivity contribution < 1.29 is 9.53 Å². The minimum atomic E-state index is -0.266. The molecule has 0 radical (unpaired) electrons. The number of amides is 1. The molecule has 0 atom stereocenters. The van der Waals surface area contributed by atoms with Crippen molar-refractivity contribution in [2.24, 2.45) is 0 Å². The Morgan fingerprint density at radius 1 is 1.03 bits per heavy atom. The lowest BCUT2D eigenvalue weighted by molar-refractivity contribution is 0.0772. The fraction of sp³-hybridized carbons (Fsp3) is 0.444. The smallest absolute Gasteiger partial charge is 0.253 e. The van der Waals surface area contributed by atoms with Crippen LogP contribution in [-0.2, 0) is 0 Å². The molecule has 0 bridgehead atoms. The topological polar surface area (TPSA) is 41.6 Å². The number of hydrogen-bond donors (Lipinski definition) is 1. The van der Waals surface area contributed by atoms with Crippen LogP contribution >= 0.6 is 0 Å². The molecule has 0 aromatic heterocycles. The summed E-state index contributed by atoms with van der Waals surface area (Å²) in [5.74, 6) is 1.08. The van der Waals surface area contributed by atoms with E-state index >= 15 is 0 Å². The highest BCUT2D eigenvalue weighted by atomic mass is 16.5. The second kappa shape index (κ2) is 8.51. The Hall–Kier alpha value is -2.59. The van der Waals surface area contributed by atoms with Gasteiger partial charge in [0.25, 0.3) is 5.91 Å². The number of hydrogen-bond acceptors (Lipinski definition) is 3. The molecule has 1 saturated heterocycles. The van der Waals surface area contributed by atoms with Gasteiger partial charge in [-0.05, 0) is 99.8 Å². The first-order valence-corrected chi connectivity index (χ1v) is 11.5. The summed E-state index contributed by atoms with van der Waals surface area (Å²) >= 11 is 0. The molecule has 0 saturated carbocycles. The van der Waals surface area contributed by atoms with Gasteiger partial charge in [0, 0.05) is 37.1 Å². The van der Waals surface area contributed by atoms with Crippen LogP contribution in [0.2, 0.25) is 0 Å². The molecule has 2 aromatic rings. The Morgan fingerprint density at radius 3 is 2.29 bits per heavy atom. The summed E-state index contributed by atoms with van der Waals surface area (Å²) in [5, 5.41) is 3.46. The minimum Gasteiger partial charge on any atom is -0.482 e. The molecule has 0 aliphatic carbocycles. The van der Waals surface area contributed by atoms with E-state index < -0.39 is 0 Å². The van der Waals surface area contributed by atoms with Crippen molar-refractivity contribution in [3.8, 4) is 5.75 Å². The summed E-state index contributed by atoms with van der Waals surface area (Å²) in [5.41, 5.74) is 7.88. The molecule has 2 aliphatic rings. The van der Waals surface area contributed by atoms with Crippen molar-refractivity contribution in [2.75, 3.05) is 26.2 Å². The third-order valence-corrected chi connectivity index (χ3v) is 7.06. The van der Waals surface area contributed by atoms with Gasteiger partial charge in [-0.1, -0.05) is 12.1 Å². The first-order chi connectivity index (χ1) is 14.9. The molecule has 4 heteroatoms. The number of nitrogens with zero attached hydrogens (tertiary/aromatic N) is 1. The molecule has 4 nitrogen and oxygen atoms in total. The maximum atomic E-state index is 12.8. The first kappa shape index (κ1) is 21.6. The van der Waals surface area contributed by atoms with E-state index in [0.29, 0.717) is 0 Å². The Morgan fingerprint density at radius 2 is 1.68 bits per heavy atom. The van der Waals surface area contributed by atoms with Gasteiger partial charge in [-0.25, -0.2) is 0 Å². The fourth-order valence-corrected chi connectivity index (χ4v) is 4.85. The van der Waals surface area contributed by atoms with Gasteiger partial charge in [0.2, 0.25) is 0 Å². The van der Waals surface area contributed by atoms with Crippen LogP contribution < -0.4 is 10.1 Å². The molecule has 164 valence electrons. The van der Waals surface area contributed by atoms with Crippen LogP contribution in [0.1, 0.15) is 64.9 Å². The van der Waals surface area contributed by atoms with Crippen LogP contribution in [-0.4, -0.2) is 42.6 Å². The average molecular weight is 419 g/mol. The van der Waals surface area contributed by atoms with Crippen LogP contribution in [0.25, 0.3) is 5.57 Å². The number of piperidine rings is 1. The van der Waals surface area contributed by atoms with E-state index in [9.17, 15) is 4.79 Å². The quantitative estimate of drug-likeness (QED) is 0.756. The van der Waals surface area contributed by atoms with E-state index in [4.69, 9.17) is 4.74 Å². The number of carbonyl (C=O) groups is 1. The van der Waals surface area contributed by atoms with Gasteiger partial charge in [-0.3, -0.25) is 4.79 Å². The number of nitrogens with one attached hydrogen (secondary N) is 1. The molecule has 2 heterocycles. The molecule has 31 heavy (non-hydrogen) atoms. The molecular formula is C27H34N2O2. The standard InChI is InChI=1S/C27H34N2O2/c1-6-29(7-2)26(30)22-10-8-21(9-11-22)23-17-27(12-14-28-15-13-27)31-24-16-18(3)19(4)20(5)25(23)24/h8-11,16-17,28H,6-7,12-15H2,1-5H3. The zero-order chi connectivity index (χ0) is 22.2. The third kappa shape index (κ3) is 3.89. The number of aryl methyl sites for hydroxylation is 1. The van der Waals surface area contributed by atoms with Gasteiger partial charge in [0.1, 0.15) is 11.4 Å². The largest absolute Gasteiger partial charge is 0.482 e. The van der Waals surface area contributed by atoms with Gasteiger partial charge >= 0.3 is 0 Å². The molecular weight excluding hydrogens is 384 g/mol. The Bertz CT molecular complexity index is 1010. The monoisotopic (exact) mass is 418 g/mol. The van der Waals surface area contributed by atoms with Gasteiger partial charge < -0.3 is 15.0 Å². The predicted octanol–water partition coefficient (Wildman–Crippen LogP) is 5.04. The lowest BCUT2D eigenvalue weighted by atomic mass is 9.80. The van der Waals surface area contributed by atoms with Crippen LogP contribution in [0.5, 0.6) is 5.75 Å². The second-order valence-electron chi connectivity index (χ2n) is 8.85. The Balaban J connectivity index is 1.80. The number of benzene rings is 2. The third-order valence-electron chi connectivity index (χ3n) is 7.06. The minimum absolute atomic E-state index is 0.0929. The van der Waals surface area contributed by atoms with Crippen LogP contribution in [0.15, 0.2) is 36.4 Å². The van der Waals surface area contributed by atoms with Crippen molar-refractivity contribution in [1.82, 2.24) is 10.2 Å². The van der Waals surface area contributed by atoms with Crippen molar-refractivity contribution in [2.45, 2.75) is 53.1 Å². The summed E-state index contributed by atoms with van der Waals surface area (Å²) in [4.78, 5) is 14.6. The Kier molecular flexibility index (Phi) is 5.94. The van der Waals surface area contributed by atoms with Crippen molar-refractivity contribution in [3.63, 3.8) is 0 Å². The number of rotatable bonds is 4. The highest BCUT2D eigenvalue weighted by molar-refractivity contribution is 5.95. The fourth-order valence-electron chi connectivity index (χ4n) is 4.85. The van der Waals surface area contributed by atoms with Gasteiger partial charge in [0.05, 0.1) is 0 Å². The van der Waals surface area contributed by atoms with E-state index in [-0.39, 0.29) is 11.5 Å². The zero-order valence-electron chi connectivity index (χ0n) is 19.5. The molecule has 2 aliphatic heterocycles. The molecule has 4 rings (SSSR count). The number of ether oxygens (including phenoxy) is 1. The van der Waals surface area contributed by atoms with E-state index in [1.807, 2.05) is 30.9 Å². The highest BCUT2D eigenvalue weighted by Crippen LogP contribution is 2.45. The average Bonchev–Trinajstić information content (AvgIpc) is 2.78. The lowest BCUT2D eigenvalue weighted by Crippen LogP contribution is -2.46. The van der Waals surface area contributed by atoms with E-state index in [2.05, 4.69) is 50.4 Å². The lowest BCUT2D eigenvalue weighted by Gasteiger charge is -2.41. The molecule has 1 amide bonds. The number of carbonyl (C=O) groups excluding carboxylic acids is 1. The molecule has 2 aromatic carbocycles. The van der Waals surface area contributed by atoms with E-state index in [1.54, 1.807) is 0 Å². The molecule has 0 unspecified atom stereocenters. The van der Waals surface area contributed by atoms with E-state index in [1.165, 1.54) is 27.8 Å². The summed E-state index contributed by atoms with van der Waals surface area (Å²) in [7, 11) is 0. The van der Waals surface area contributed by atoms with E-state index in [0.717, 1.165) is 55.9 Å². The summed E-state index contributed by atoms with van der Waals surface area (Å²) in [6.07, 6.45) is 4.26. The second-order valence-corrected chi connectivity index (χ2v) is 8.85. The van der Waals surface area contributed by atoms with Gasteiger partial charge in [-0.15, -0.1) is 0 Å². The maximum Gasteiger partial charge on any atom is 0.253 e. The van der Waals surface area contributed by atoms with Crippen LogP contribution in [0.3, 0.4) is 0 Å². The maximum absolute atomic E-state index is 12.8. The van der Waals surface area contributed by atoms with Crippen molar-refractivity contribution in [1.29, 1.82) is 0 Å². The zero-order valence-corrected chi connectivity index (χ0v) is 19.5. The summed E-state index contributed by atoms with van der Waals surface area (Å²) in [6.45, 7) is 13.9. The Labute approximate surface area is 186 Å². The molecule has 1 fully saturated rings. The van der Waals surface area contributed by atoms with Crippen molar-refractivity contribution >= 4 is 11.5 Å². The van der Waals surface area contributed by atoms with Crippen LogP contribution in [0.4, 0.5) is 0 Å². The van der Waals surface area contributed by atoms with Crippen LogP contribution in [0, 0.1) is 20.8 Å². The molecule has 1 spiro atoms. The normalized spacial score (nSPS) is 17.0. The summed E-state index contributed by atoms with van der Waals surface area (Å²) in [6, 6.07) is 10.3.